The maximum atomic E-state index is 12.2. The van der Waals surface area contributed by atoms with E-state index in [9.17, 15) is 4.79 Å². The fourth-order valence-electron chi connectivity index (χ4n) is 1.69. The molecule has 19 heavy (non-hydrogen) atoms. The summed E-state index contributed by atoms with van der Waals surface area (Å²) in [6.45, 7) is 2.12. The van der Waals surface area contributed by atoms with Crippen molar-refractivity contribution in [2.75, 3.05) is 7.05 Å². The molecule has 0 aliphatic heterocycles. The van der Waals surface area contributed by atoms with Crippen LogP contribution in [0.2, 0.25) is 0 Å². The molecule has 0 aliphatic carbocycles. The van der Waals surface area contributed by atoms with Gasteiger partial charge in [0, 0.05) is 12.6 Å². The summed E-state index contributed by atoms with van der Waals surface area (Å²) in [5, 5.41) is 15.5. The molecule has 96 valence electrons. The van der Waals surface area contributed by atoms with Gasteiger partial charge in [-0.25, -0.2) is 4.98 Å². The minimum Gasteiger partial charge on any atom is -0.334 e. The molecule has 0 fully saturated rings. The number of aryl methyl sites for hydroxylation is 1. The van der Waals surface area contributed by atoms with E-state index in [1.54, 1.807) is 38.2 Å². The molecule has 0 spiro atoms. The number of nitrogens with one attached hydrogen (secondary N) is 1. The second kappa shape index (κ2) is 5.31. The molecule has 2 aromatic rings. The van der Waals surface area contributed by atoms with Crippen molar-refractivity contribution in [3.8, 4) is 6.07 Å². The average Bonchev–Trinajstić information content (AvgIpc) is 2.83. The van der Waals surface area contributed by atoms with Gasteiger partial charge >= 0.3 is 0 Å². The summed E-state index contributed by atoms with van der Waals surface area (Å²) in [5.41, 5.74) is 0.946. The molecule has 1 heterocycles. The normalized spacial score (nSPS) is 9.95. The van der Waals surface area contributed by atoms with Crippen molar-refractivity contribution in [1.82, 2.24) is 20.1 Å². The van der Waals surface area contributed by atoms with Gasteiger partial charge in [0.1, 0.15) is 5.82 Å². The van der Waals surface area contributed by atoms with E-state index < -0.39 is 0 Å². The van der Waals surface area contributed by atoms with Gasteiger partial charge in [0.25, 0.3) is 5.91 Å². The third-order valence-corrected chi connectivity index (χ3v) is 2.61. The summed E-state index contributed by atoms with van der Waals surface area (Å²) in [6.07, 6.45) is 0. The Labute approximate surface area is 110 Å². The van der Waals surface area contributed by atoms with E-state index in [1.165, 1.54) is 4.90 Å². The average molecular weight is 255 g/mol. The zero-order valence-electron chi connectivity index (χ0n) is 10.7. The third kappa shape index (κ3) is 2.96. The number of nitriles is 1. The van der Waals surface area contributed by atoms with Gasteiger partial charge in [0.05, 0.1) is 18.2 Å². The molecule has 1 aromatic heterocycles. The van der Waals surface area contributed by atoms with E-state index in [0.29, 0.717) is 29.3 Å². The summed E-state index contributed by atoms with van der Waals surface area (Å²) in [4.78, 5) is 17.8. The highest BCUT2D eigenvalue weighted by Gasteiger charge is 2.14. The van der Waals surface area contributed by atoms with Crippen molar-refractivity contribution in [1.29, 1.82) is 5.26 Å². The third-order valence-electron chi connectivity index (χ3n) is 2.61. The fourth-order valence-corrected chi connectivity index (χ4v) is 1.69. The Hall–Kier alpha value is -2.68. The van der Waals surface area contributed by atoms with Crippen molar-refractivity contribution in [2.24, 2.45) is 0 Å². The Kier molecular flexibility index (Phi) is 3.57. The highest BCUT2D eigenvalue weighted by Crippen LogP contribution is 2.08. The van der Waals surface area contributed by atoms with Gasteiger partial charge in [-0.15, -0.1) is 0 Å². The van der Waals surface area contributed by atoms with Crippen LogP contribution in [0.4, 0.5) is 0 Å². The van der Waals surface area contributed by atoms with Crippen molar-refractivity contribution in [3.63, 3.8) is 0 Å². The van der Waals surface area contributed by atoms with Crippen LogP contribution in [0, 0.1) is 18.3 Å². The van der Waals surface area contributed by atoms with E-state index in [2.05, 4.69) is 15.2 Å². The first kappa shape index (κ1) is 12.8. The van der Waals surface area contributed by atoms with Crippen molar-refractivity contribution >= 4 is 5.91 Å². The summed E-state index contributed by atoms with van der Waals surface area (Å²) in [6, 6.07) is 8.62. The first-order valence-corrected chi connectivity index (χ1v) is 5.73. The molecule has 0 atom stereocenters. The van der Waals surface area contributed by atoms with E-state index in [0.717, 1.165) is 0 Å². The molecule has 0 unspecified atom stereocenters. The number of carbonyl (C=O) groups is 1. The number of nitrogens with zero attached hydrogens (tertiary/aromatic N) is 4. The number of benzene rings is 1. The van der Waals surface area contributed by atoms with Gasteiger partial charge in [-0.3, -0.25) is 9.89 Å². The van der Waals surface area contributed by atoms with E-state index in [-0.39, 0.29) is 5.91 Å². The minimum atomic E-state index is -0.167. The Bertz CT molecular complexity index is 640. The van der Waals surface area contributed by atoms with Gasteiger partial charge in [-0.1, -0.05) is 6.07 Å². The quantitative estimate of drug-likeness (QED) is 0.894. The summed E-state index contributed by atoms with van der Waals surface area (Å²) in [7, 11) is 1.67. The predicted octanol–water partition coefficient (Wildman–Crippen LogP) is 1.26. The van der Waals surface area contributed by atoms with Gasteiger partial charge in [0.15, 0.2) is 5.82 Å². The lowest BCUT2D eigenvalue weighted by atomic mass is 10.1. The lowest BCUT2D eigenvalue weighted by Crippen LogP contribution is -2.26. The van der Waals surface area contributed by atoms with Crippen LogP contribution < -0.4 is 0 Å². The smallest absolute Gasteiger partial charge is 0.254 e. The number of amides is 1. The fraction of sp³-hybridized carbons (Fsp3) is 0.231. The molecular weight excluding hydrogens is 242 g/mol. The van der Waals surface area contributed by atoms with Crippen LogP contribution in [0.15, 0.2) is 24.3 Å². The second-order valence-corrected chi connectivity index (χ2v) is 4.19. The topological polar surface area (TPSA) is 85.7 Å². The van der Waals surface area contributed by atoms with E-state index >= 15 is 0 Å². The van der Waals surface area contributed by atoms with Crippen LogP contribution in [-0.4, -0.2) is 33.0 Å². The van der Waals surface area contributed by atoms with Crippen LogP contribution in [-0.2, 0) is 6.54 Å². The van der Waals surface area contributed by atoms with E-state index in [4.69, 9.17) is 5.26 Å². The number of rotatable bonds is 3. The monoisotopic (exact) mass is 255 g/mol. The van der Waals surface area contributed by atoms with Crippen LogP contribution in [0.5, 0.6) is 0 Å². The largest absolute Gasteiger partial charge is 0.334 e. The van der Waals surface area contributed by atoms with Gasteiger partial charge in [-0.2, -0.15) is 10.4 Å². The maximum Gasteiger partial charge on any atom is 0.254 e. The number of aromatic amines is 1. The Morgan fingerprint density at radius 1 is 1.53 bits per heavy atom. The summed E-state index contributed by atoms with van der Waals surface area (Å²) >= 11 is 0. The van der Waals surface area contributed by atoms with Crippen molar-refractivity contribution in [2.45, 2.75) is 13.5 Å². The Morgan fingerprint density at radius 3 is 2.95 bits per heavy atom. The van der Waals surface area contributed by atoms with E-state index in [1.807, 2.05) is 6.07 Å². The number of carbonyl (C=O) groups excluding carboxylic acids is 1. The molecule has 1 amide bonds. The zero-order valence-corrected chi connectivity index (χ0v) is 10.7. The molecular formula is C13H13N5O. The highest BCUT2D eigenvalue weighted by molar-refractivity contribution is 5.94. The first-order chi connectivity index (χ1) is 9.10. The minimum absolute atomic E-state index is 0.167. The number of hydrogen-bond acceptors (Lipinski definition) is 4. The summed E-state index contributed by atoms with van der Waals surface area (Å²) < 4.78 is 0. The van der Waals surface area contributed by atoms with Crippen LogP contribution in [0.1, 0.15) is 27.6 Å². The Morgan fingerprint density at radius 2 is 2.32 bits per heavy atom. The Balaban J connectivity index is 2.12. The lowest BCUT2D eigenvalue weighted by molar-refractivity contribution is 0.0781. The molecule has 6 nitrogen and oxygen atoms in total. The first-order valence-electron chi connectivity index (χ1n) is 5.73. The molecule has 0 saturated carbocycles. The van der Waals surface area contributed by atoms with Crippen molar-refractivity contribution < 1.29 is 4.79 Å². The molecule has 1 N–H and O–H groups in total. The molecule has 1 aromatic carbocycles. The van der Waals surface area contributed by atoms with Crippen molar-refractivity contribution in [3.05, 3.63) is 47.0 Å². The molecule has 2 rings (SSSR count). The predicted molar refractivity (Wildman–Crippen MR) is 68.1 cm³/mol. The number of aromatic nitrogens is 3. The molecule has 0 saturated heterocycles. The van der Waals surface area contributed by atoms with Crippen LogP contribution in [0.25, 0.3) is 0 Å². The number of hydrogen-bond donors (Lipinski definition) is 1. The number of H-pyrrole nitrogens is 1. The molecule has 0 bridgehead atoms. The maximum absolute atomic E-state index is 12.2. The highest BCUT2D eigenvalue weighted by atomic mass is 16.2. The van der Waals surface area contributed by atoms with Gasteiger partial charge in [-0.05, 0) is 25.1 Å². The molecule has 0 radical (unpaired) electrons. The molecule has 0 aliphatic rings. The lowest BCUT2D eigenvalue weighted by Gasteiger charge is -2.15. The van der Waals surface area contributed by atoms with Crippen LogP contribution in [0.3, 0.4) is 0 Å². The van der Waals surface area contributed by atoms with Gasteiger partial charge in [0.2, 0.25) is 0 Å². The van der Waals surface area contributed by atoms with Crippen LogP contribution >= 0.6 is 0 Å². The standard InChI is InChI=1S/C13H13N5O/c1-9-15-12(17-16-9)8-18(2)13(19)11-5-3-4-10(6-11)7-14/h3-6H,8H2,1-2H3,(H,15,16,17). The SMILES string of the molecule is Cc1nc(CN(C)C(=O)c2cccc(C#N)c2)n[nH]1. The second-order valence-electron chi connectivity index (χ2n) is 4.19. The zero-order chi connectivity index (χ0) is 13.8. The molecule has 6 heteroatoms. The summed E-state index contributed by atoms with van der Waals surface area (Å²) in [5.74, 6) is 1.10. The van der Waals surface area contributed by atoms with Gasteiger partial charge < -0.3 is 4.90 Å².